The van der Waals surface area contributed by atoms with Crippen molar-refractivity contribution in [3.8, 4) is 0 Å². The predicted molar refractivity (Wildman–Crippen MR) is 86.6 cm³/mol. The van der Waals surface area contributed by atoms with Crippen molar-refractivity contribution in [2.24, 2.45) is 5.41 Å². The average molecular weight is 308 g/mol. The van der Waals surface area contributed by atoms with E-state index in [-0.39, 0.29) is 11.3 Å². The first-order valence-electron chi connectivity index (χ1n) is 7.10. The minimum absolute atomic E-state index is 0.00479. The number of aromatic nitrogens is 2. The lowest BCUT2D eigenvalue weighted by atomic mass is 9.92. The monoisotopic (exact) mass is 307 g/mol. The molecule has 1 N–H and O–H groups in total. The van der Waals surface area contributed by atoms with Crippen molar-refractivity contribution in [1.29, 1.82) is 0 Å². The van der Waals surface area contributed by atoms with Crippen LogP contribution in [-0.2, 0) is 11.3 Å². The third-order valence-corrected chi connectivity index (χ3v) is 3.96. The zero-order valence-electron chi connectivity index (χ0n) is 13.2. The van der Waals surface area contributed by atoms with Gasteiger partial charge in [0.1, 0.15) is 5.82 Å². The van der Waals surface area contributed by atoms with Crippen LogP contribution in [0.2, 0.25) is 0 Å². The number of para-hydroxylation sites is 1. The van der Waals surface area contributed by atoms with Gasteiger partial charge < -0.3 is 9.88 Å². The molecular weight excluding hydrogens is 286 g/mol. The Bertz CT molecular complexity index is 673. The first-order valence-corrected chi connectivity index (χ1v) is 7.53. The number of hydrogen-bond acceptors (Lipinski definition) is 2. The van der Waals surface area contributed by atoms with Gasteiger partial charge in [-0.05, 0) is 39.3 Å². The number of carbonyl (C=O) groups excluding carboxylic acids is 1. The highest BCUT2D eigenvalue weighted by molar-refractivity contribution is 6.20. The van der Waals surface area contributed by atoms with Crippen LogP contribution in [0.4, 0.5) is 0 Å². The summed E-state index contributed by atoms with van der Waals surface area (Å²) in [5, 5.41) is 2.51. The van der Waals surface area contributed by atoms with Gasteiger partial charge in [0.15, 0.2) is 0 Å². The number of aryl methyl sites for hydroxylation is 1. The number of imidazole rings is 1. The maximum Gasteiger partial charge on any atom is 0.227 e. The second-order valence-electron chi connectivity index (χ2n) is 6.08. The van der Waals surface area contributed by atoms with Gasteiger partial charge in [-0.2, -0.15) is 0 Å². The van der Waals surface area contributed by atoms with Crippen molar-refractivity contribution in [2.45, 2.75) is 39.6 Å². The van der Waals surface area contributed by atoms with Gasteiger partial charge in [-0.1, -0.05) is 12.1 Å². The molecule has 0 fully saturated rings. The summed E-state index contributed by atoms with van der Waals surface area (Å²) < 4.78 is 2.06. The Morgan fingerprint density at radius 3 is 2.71 bits per heavy atom. The molecule has 2 rings (SSSR count). The van der Waals surface area contributed by atoms with Crippen LogP contribution in [0.3, 0.4) is 0 Å². The molecule has 1 amide bonds. The van der Waals surface area contributed by atoms with Crippen LogP contribution in [0.15, 0.2) is 18.2 Å². The third kappa shape index (κ3) is 2.91. The zero-order valence-corrected chi connectivity index (χ0v) is 14.0. The Hall–Kier alpha value is -1.55. The van der Waals surface area contributed by atoms with Crippen LogP contribution in [0.25, 0.3) is 11.0 Å². The Balaban J connectivity index is 2.59. The first-order chi connectivity index (χ1) is 9.77. The minimum atomic E-state index is -0.535. The summed E-state index contributed by atoms with van der Waals surface area (Å²) in [6, 6.07) is 6.07. The number of fused-ring (bicyclic) bond motifs is 1. The van der Waals surface area contributed by atoms with Gasteiger partial charge in [-0.25, -0.2) is 4.98 Å². The average Bonchev–Trinajstić information content (AvgIpc) is 2.78. The summed E-state index contributed by atoms with van der Waals surface area (Å²) in [5.41, 5.74) is 2.55. The number of nitrogens with zero attached hydrogens (tertiary/aromatic N) is 2. The largest absolute Gasteiger partial charge is 0.359 e. The molecule has 0 saturated heterocycles. The van der Waals surface area contributed by atoms with Gasteiger partial charge in [-0.3, -0.25) is 4.79 Å². The standard InChI is InChI=1S/C16H22ClN3O/c1-10-7-6-8-12-13(10)19-14(11(2)17)20(12)9-16(3,4)15(21)18-5/h6-8,11H,9H2,1-5H3,(H,18,21). The molecule has 1 heterocycles. The molecule has 0 bridgehead atoms. The number of halogens is 1. The molecule has 21 heavy (non-hydrogen) atoms. The molecule has 114 valence electrons. The number of carbonyl (C=O) groups is 1. The van der Waals surface area contributed by atoms with Crippen LogP contribution >= 0.6 is 11.6 Å². The van der Waals surface area contributed by atoms with E-state index in [1.807, 2.05) is 45.9 Å². The van der Waals surface area contributed by atoms with E-state index in [0.717, 1.165) is 22.4 Å². The number of alkyl halides is 1. The van der Waals surface area contributed by atoms with Crippen LogP contribution in [0.1, 0.15) is 37.5 Å². The summed E-state index contributed by atoms with van der Waals surface area (Å²) in [5.74, 6) is 0.808. The lowest BCUT2D eigenvalue weighted by molar-refractivity contribution is -0.129. The molecule has 0 saturated carbocycles. The summed E-state index contributed by atoms with van der Waals surface area (Å²) in [6.07, 6.45) is 0. The normalized spacial score (nSPS) is 13.4. The molecule has 1 aromatic carbocycles. The number of nitrogens with one attached hydrogen (secondary N) is 1. The van der Waals surface area contributed by atoms with E-state index >= 15 is 0 Å². The highest BCUT2D eigenvalue weighted by Crippen LogP contribution is 2.30. The SMILES string of the molecule is CNC(=O)C(C)(C)Cn1c(C(C)Cl)nc2c(C)cccc21. The fourth-order valence-corrected chi connectivity index (χ4v) is 2.75. The lowest BCUT2D eigenvalue weighted by Gasteiger charge is -2.25. The molecule has 1 aromatic heterocycles. The van der Waals surface area contributed by atoms with Gasteiger partial charge in [-0.15, -0.1) is 11.6 Å². The van der Waals surface area contributed by atoms with E-state index in [1.54, 1.807) is 7.05 Å². The van der Waals surface area contributed by atoms with Gasteiger partial charge in [0.25, 0.3) is 0 Å². The quantitative estimate of drug-likeness (QED) is 0.880. The first kappa shape index (κ1) is 15.8. The topological polar surface area (TPSA) is 46.9 Å². The molecule has 4 nitrogen and oxygen atoms in total. The van der Waals surface area contributed by atoms with Crippen LogP contribution in [0, 0.1) is 12.3 Å². The summed E-state index contributed by atoms with van der Waals surface area (Å²) in [6.45, 7) is 8.33. The Morgan fingerprint density at radius 2 is 2.14 bits per heavy atom. The predicted octanol–water partition coefficient (Wildman–Crippen LogP) is 3.42. The summed E-state index contributed by atoms with van der Waals surface area (Å²) in [7, 11) is 1.66. The van der Waals surface area contributed by atoms with Crippen molar-refractivity contribution in [3.05, 3.63) is 29.6 Å². The summed E-state index contributed by atoms with van der Waals surface area (Å²) in [4.78, 5) is 16.7. The van der Waals surface area contributed by atoms with E-state index < -0.39 is 5.41 Å². The van der Waals surface area contributed by atoms with Crippen molar-refractivity contribution < 1.29 is 4.79 Å². The molecule has 0 radical (unpaired) electrons. The number of amides is 1. The molecule has 2 aromatic rings. The van der Waals surface area contributed by atoms with E-state index in [0.29, 0.717) is 6.54 Å². The van der Waals surface area contributed by atoms with Crippen LogP contribution in [-0.4, -0.2) is 22.5 Å². The molecule has 0 spiro atoms. The number of rotatable bonds is 4. The van der Waals surface area contributed by atoms with Gasteiger partial charge >= 0.3 is 0 Å². The molecule has 1 unspecified atom stereocenters. The van der Waals surface area contributed by atoms with Crippen LogP contribution < -0.4 is 5.32 Å². The lowest BCUT2D eigenvalue weighted by Crippen LogP contribution is -2.38. The number of benzene rings is 1. The molecule has 5 heteroatoms. The van der Waals surface area contributed by atoms with Crippen molar-refractivity contribution >= 4 is 28.5 Å². The highest BCUT2D eigenvalue weighted by Gasteiger charge is 2.29. The van der Waals surface area contributed by atoms with Gasteiger partial charge in [0.05, 0.1) is 21.8 Å². The maximum absolute atomic E-state index is 12.1. The van der Waals surface area contributed by atoms with E-state index in [4.69, 9.17) is 11.6 Å². The van der Waals surface area contributed by atoms with Gasteiger partial charge in [0, 0.05) is 13.6 Å². The Morgan fingerprint density at radius 1 is 1.48 bits per heavy atom. The molecule has 0 aliphatic heterocycles. The fraction of sp³-hybridized carbons (Fsp3) is 0.500. The fourth-order valence-electron chi connectivity index (χ4n) is 2.58. The Kier molecular flexibility index (Phi) is 4.28. The smallest absolute Gasteiger partial charge is 0.227 e. The van der Waals surface area contributed by atoms with Crippen molar-refractivity contribution in [1.82, 2.24) is 14.9 Å². The molecule has 0 aliphatic rings. The van der Waals surface area contributed by atoms with Crippen LogP contribution in [0.5, 0.6) is 0 Å². The zero-order chi connectivity index (χ0) is 15.8. The van der Waals surface area contributed by atoms with Crippen molar-refractivity contribution in [3.63, 3.8) is 0 Å². The van der Waals surface area contributed by atoms with Crippen molar-refractivity contribution in [2.75, 3.05) is 7.05 Å². The molecule has 1 atom stereocenters. The molecule has 0 aliphatic carbocycles. The second kappa shape index (κ2) is 5.68. The van der Waals surface area contributed by atoms with E-state index in [2.05, 4.69) is 14.9 Å². The maximum atomic E-state index is 12.1. The number of hydrogen-bond donors (Lipinski definition) is 1. The van der Waals surface area contributed by atoms with E-state index in [9.17, 15) is 4.79 Å². The van der Waals surface area contributed by atoms with E-state index in [1.165, 1.54) is 0 Å². The Labute approximate surface area is 130 Å². The summed E-state index contributed by atoms with van der Waals surface area (Å²) >= 11 is 6.29. The minimum Gasteiger partial charge on any atom is -0.359 e. The van der Waals surface area contributed by atoms with Gasteiger partial charge in [0.2, 0.25) is 5.91 Å². The highest BCUT2D eigenvalue weighted by atomic mass is 35.5. The molecular formula is C16H22ClN3O. The third-order valence-electron chi connectivity index (χ3n) is 3.76. The second-order valence-corrected chi connectivity index (χ2v) is 6.73.